The molecule has 1 saturated carbocycles. The lowest BCUT2D eigenvalue weighted by atomic mass is 9.92. The zero-order valence-electron chi connectivity index (χ0n) is 13.3. The molecule has 0 aliphatic heterocycles. The van der Waals surface area contributed by atoms with E-state index in [1.165, 1.54) is 20.0 Å². The molecule has 1 fully saturated rings. The van der Waals surface area contributed by atoms with Crippen LogP contribution in [-0.4, -0.2) is 48.7 Å². The third kappa shape index (κ3) is 4.46. The van der Waals surface area contributed by atoms with Gasteiger partial charge in [0.2, 0.25) is 0 Å². The Hall–Kier alpha value is -0.610. The van der Waals surface area contributed by atoms with Crippen molar-refractivity contribution in [1.82, 2.24) is 10.2 Å². The topological polar surface area (TPSA) is 41.6 Å². The van der Waals surface area contributed by atoms with Crippen LogP contribution in [0, 0.1) is 0 Å². The highest BCUT2D eigenvalue weighted by atomic mass is 16.5. The van der Waals surface area contributed by atoms with E-state index in [1.54, 1.807) is 0 Å². The highest BCUT2D eigenvalue weighted by Crippen LogP contribution is 2.27. The second-order valence-electron chi connectivity index (χ2n) is 6.22. The number of methoxy groups -OCH3 is 1. The number of nitrogens with zero attached hydrogens (tertiary/aromatic N) is 1. The van der Waals surface area contributed by atoms with Crippen LogP contribution in [-0.2, 0) is 9.53 Å². The summed E-state index contributed by atoms with van der Waals surface area (Å²) in [5.74, 6) is -0.149. The minimum absolute atomic E-state index is 0.149. The number of rotatable bonds is 8. The van der Waals surface area contributed by atoms with Gasteiger partial charge in [0.05, 0.1) is 7.11 Å². The van der Waals surface area contributed by atoms with Gasteiger partial charge in [-0.3, -0.25) is 10.1 Å². The summed E-state index contributed by atoms with van der Waals surface area (Å²) in [7, 11) is 3.60. The number of carbonyl (C=O) groups is 1. The molecule has 0 saturated heterocycles. The molecule has 112 valence electrons. The Morgan fingerprint density at radius 2 is 2.00 bits per heavy atom. The molecule has 4 heteroatoms. The van der Waals surface area contributed by atoms with Crippen molar-refractivity contribution in [1.29, 1.82) is 0 Å². The van der Waals surface area contributed by atoms with Crippen LogP contribution >= 0.6 is 0 Å². The minimum Gasteiger partial charge on any atom is -0.468 e. The zero-order valence-corrected chi connectivity index (χ0v) is 13.3. The van der Waals surface area contributed by atoms with Gasteiger partial charge in [-0.05, 0) is 53.5 Å². The number of hydrogen-bond donors (Lipinski definition) is 1. The Morgan fingerprint density at radius 1 is 1.42 bits per heavy atom. The number of hydrogen-bond acceptors (Lipinski definition) is 4. The molecular weight excluding hydrogens is 240 g/mol. The largest absolute Gasteiger partial charge is 0.468 e. The minimum atomic E-state index is -0.572. The maximum absolute atomic E-state index is 12.1. The van der Waals surface area contributed by atoms with E-state index in [4.69, 9.17) is 4.74 Å². The molecule has 4 nitrogen and oxygen atoms in total. The van der Waals surface area contributed by atoms with Crippen LogP contribution in [0.15, 0.2) is 0 Å². The van der Waals surface area contributed by atoms with E-state index >= 15 is 0 Å². The van der Waals surface area contributed by atoms with Crippen LogP contribution in [0.3, 0.4) is 0 Å². The van der Waals surface area contributed by atoms with E-state index in [-0.39, 0.29) is 5.97 Å². The molecular formula is C15H30N2O2. The first-order valence-corrected chi connectivity index (χ1v) is 7.42. The average Bonchev–Trinajstić information content (AvgIpc) is 3.19. The zero-order chi connectivity index (χ0) is 14.6. The Kier molecular flexibility index (Phi) is 5.81. The number of esters is 1. The average molecular weight is 270 g/mol. The fraction of sp³-hybridized carbons (Fsp3) is 0.933. The van der Waals surface area contributed by atoms with Crippen LogP contribution in [0.4, 0.5) is 0 Å². The number of ether oxygens (including phenoxy) is 1. The summed E-state index contributed by atoms with van der Waals surface area (Å²) in [6, 6.07) is 1.35. The summed E-state index contributed by atoms with van der Waals surface area (Å²) in [5.41, 5.74) is -0.572. The fourth-order valence-electron chi connectivity index (χ4n) is 2.56. The van der Waals surface area contributed by atoms with Gasteiger partial charge in [0.1, 0.15) is 5.54 Å². The van der Waals surface area contributed by atoms with Crippen molar-refractivity contribution in [3.63, 3.8) is 0 Å². The van der Waals surface area contributed by atoms with Crippen molar-refractivity contribution >= 4 is 5.97 Å². The molecule has 0 radical (unpaired) electrons. The molecule has 0 aromatic carbocycles. The predicted octanol–water partition coefficient (Wildman–Crippen LogP) is 2.18. The lowest BCUT2D eigenvalue weighted by molar-refractivity contribution is -0.149. The van der Waals surface area contributed by atoms with E-state index in [2.05, 4.69) is 38.0 Å². The van der Waals surface area contributed by atoms with E-state index in [0.717, 1.165) is 12.8 Å². The first-order chi connectivity index (χ1) is 8.84. The van der Waals surface area contributed by atoms with Crippen molar-refractivity contribution in [3.8, 4) is 0 Å². The van der Waals surface area contributed by atoms with Gasteiger partial charge < -0.3 is 9.64 Å². The molecule has 0 bridgehead atoms. The molecule has 1 rings (SSSR count). The predicted molar refractivity (Wildman–Crippen MR) is 78.2 cm³/mol. The van der Waals surface area contributed by atoms with Crippen LogP contribution in [0.2, 0.25) is 0 Å². The standard InChI is InChI=1S/C15H30N2O2/c1-7-11(2)17(5)12(3)10-15(4,14(18)19-6)16-13-8-9-13/h11-13,16H,7-10H2,1-6H3. The van der Waals surface area contributed by atoms with Gasteiger partial charge in [-0.15, -0.1) is 0 Å². The first-order valence-electron chi connectivity index (χ1n) is 7.42. The summed E-state index contributed by atoms with van der Waals surface area (Å²) >= 11 is 0. The molecule has 0 aromatic rings. The van der Waals surface area contributed by atoms with E-state index in [0.29, 0.717) is 18.1 Å². The Morgan fingerprint density at radius 3 is 2.42 bits per heavy atom. The van der Waals surface area contributed by atoms with Crippen LogP contribution in [0.1, 0.15) is 53.4 Å². The maximum Gasteiger partial charge on any atom is 0.325 e. The molecule has 1 aliphatic rings. The number of carbonyl (C=O) groups excluding carboxylic acids is 1. The SMILES string of the molecule is CCC(C)N(C)C(C)CC(C)(NC1CC1)C(=O)OC. The van der Waals surface area contributed by atoms with Crippen molar-refractivity contribution in [2.45, 2.75) is 77.0 Å². The molecule has 1 N–H and O–H groups in total. The number of nitrogens with one attached hydrogen (secondary N) is 1. The third-order valence-corrected chi connectivity index (χ3v) is 4.42. The second kappa shape index (κ2) is 6.71. The van der Waals surface area contributed by atoms with Crippen LogP contribution in [0.25, 0.3) is 0 Å². The third-order valence-electron chi connectivity index (χ3n) is 4.42. The summed E-state index contributed by atoms with van der Waals surface area (Å²) in [5, 5.41) is 3.46. The molecule has 0 amide bonds. The van der Waals surface area contributed by atoms with Crippen molar-refractivity contribution in [2.75, 3.05) is 14.2 Å². The van der Waals surface area contributed by atoms with E-state index in [9.17, 15) is 4.79 Å². The smallest absolute Gasteiger partial charge is 0.325 e. The molecule has 3 atom stereocenters. The van der Waals surface area contributed by atoms with E-state index < -0.39 is 5.54 Å². The highest BCUT2D eigenvalue weighted by molar-refractivity contribution is 5.80. The van der Waals surface area contributed by atoms with Crippen molar-refractivity contribution < 1.29 is 9.53 Å². The van der Waals surface area contributed by atoms with Crippen LogP contribution < -0.4 is 5.32 Å². The first kappa shape index (κ1) is 16.4. The lowest BCUT2D eigenvalue weighted by Crippen LogP contribution is -2.55. The maximum atomic E-state index is 12.1. The van der Waals surface area contributed by atoms with Crippen molar-refractivity contribution in [3.05, 3.63) is 0 Å². The van der Waals surface area contributed by atoms with Gasteiger partial charge in [-0.2, -0.15) is 0 Å². The normalized spacial score (nSPS) is 21.8. The molecule has 19 heavy (non-hydrogen) atoms. The lowest BCUT2D eigenvalue weighted by Gasteiger charge is -2.36. The van der Waals surface area contributed by atoms with Crippen LogP contribution in [0.5, 0.6) is 0 Å². The molecule has 3 unspecified atom stereocenters. The van der Waals surface area contributed by atoms with Gasteiger partial charge in [-0.25, -0.2) is 0 Å². The molecule has 0 aromatic heterocycles. The molecule has 0 spiro atoms. The summed E-state index contributed by atoms with van der Waals surface area (Å²) in [4.78, 5) is 14.4. The van der Waals surface area contributed by atoms with E-state index in [1.807, 2.05) is 6.92 Å². The summed E-state index contributed by atoms with van der Waals surface area (Å²) in [6.45, 7) is 8.57. The summed E-state index contributed by atoms with van der Waals surface area (Å²) in [6.07, 6.45) is 4.23. The van der Waals surface area contributed by atoms with Gasteiger partial charge in [0.25, 0.3) is 0 Å². The van der Waals surface area contributed by atoms with Gasteiger partial charge in [0, 0.05) is 18.1 Å². The second-order valence-corrected chi connectivity index (χ2v) is 6.22. The van der Waals surface area contributed by atoms with Crippen molar-refractivity contribution in [2.24, 2.45) is 0 Å². The van der Waals surface area contributed by atoms with Gasteiger partial charge in [-0.1, -0.05) is 6.92 Å². The van der Waals surface area contributed by atoms with Gasteiger partial charge in [0.15, 0.2) is 0 Å². The fourth-order valence-corrected chi connectivity index (χ4v) is 2.56. The Bertz CT molecular complexity index is 305. The highest BCUT2D eigenvalue weighted by Gasteiger charge is 2.41. The monoisotopic (exact) mass is 270 g/mol. The quantitative estimate of drug-likeness (QED) is 0.686. The Balaban J connectivity index is 2.67. The Labute approximate surface area is 117 Å². The molecule has 0 heterocycles. The van der Waals surface area contributed by atoms with Gasteiger partial charge >= 0.3 is 5.97 Å². The summed E-state index contributed by atoms with van der Waals surface area (Å²) < 4.78 is 4.99. The molecule has 1 aliphatic carbocycles.